The Labute approximate surface area is 184 Å². The lowest BCUT2D eigenvalue weighted by Gasteiger charge is -2.32. The Morgan fingerprint density at radius 1 is 1.07 bits per heavy atom. The van der Waals surface area contributed by atoms with Crippen LogP contribution in [-0.2, 0) is 4.74 Å². The van der Waals surface area contributed by atoms with Crippen molar-refractivity contribution in [1.29, 1.82) is 0 Å². The molecule has 2 atom stereocenters. The van der Waals surface area contributed by atoms with Crippen LogP contribution in [0.3, 0.4) is 0 Å². The molecule has 1 aliphatic rings. The molecule has 28 heavy (non-hydrogen) atoms. The fraction of sp³-hybridized carbons (Fsp3) is 0.409. The summed E-state index contributed by atoms with van der Waals surface area (Å²) in [6.07, 6.45) is 2.40. The summed E-state index contributed by atoms with van der Waals surface area (Å²) >= 11 is 0. The highest BCUT2D eigenvalue weighted by molar-refractivity contribution is 14.0. The maximum absolute atomic E-state index is 6.07. The van der Waals surface area contributed by atoms with Crippen LogP contribution in [0.1, 0.15) is 24.5 Å². The Morgan fingerprint density at radius 3 is 2.50 bits per heavy atom. The average Bonchev–Trinajstić information content (AvgIpc) is 2.75. The molecule has 1 heterocycles. The first-order chi connectivity index (χ1) is 13.4. The molecule has 5 nitrogen and oxygen atoms in total. The van der Waals surface area contributed by atoms with E-state index in [1.807, 2.05) is 36.4 Å². The Morgan fingerprint density at radius 2 is 1.79 bits per heavy atom. The molecule has 152 valence electrons. The van der Waals surface area contributed by atoms with Gasteiger partial charge < -0.3 is 20.1 Å². The smallest absolute Gasteiger partial charge is 0.191 e. The van der Waals surface area contributed by atoms with Crippen LogP contribution in [0.4, 0.5) is 0 Å². The Balaban J connectivity index is 0.00000280. The van der Waals surface area contributed by atoms with E-state index < -0.39 is 0 Å². The molecule has 1 saturated heterocycles. The molecular weight excluding hydrogens is 465 g/mol. The standard InChI is InChI=1S/C22H29N3O2.HI/c1-23-22(24-14-16-26-20-12-6-3-7-13-20)25-17-19-11-8-15-27-21(19)18-9-4-2-5-10-18;/h2-7,9-10,12-13,19,21H,8,11,14-17H2,1H3,(H2,23,24,25);1H. The van der Waals surface area contributed by atoms with Crippen molar-refractivity contribution in [2.45, 2.75) is 18.9 Å². The molecule has 2 N–H and O–H groups in total. The van der Waals surface area contributed by atoms with E-state index >= 15 is 0 Å². The molecule has 3 rings (SSSR count). The van der Waals surface area contributed by atoms with Gasteiger partial charge >= 0.3 is 0 Å². The number of hydrogen-bond acceptors (Lipinski definition) is 3. The molecule has 2 unspecified atom stereocenters. The highest BCUT2D eigenvalue weighted by Crippen LogP contribution is 2.32. The van der Waals surface area contributed by atoms with Gasteiger partial charge in [-0.2, -0.15) is 0 Å². The Kier molecular flexibility index (Phi) is 10.1. The Bertz CT molecular complexity index is 697. The van der Waals surface area contributed by atoms with E-state index in [0.29, 0.717) is 19.1 Å². The zero-order valence-electron chi connectivity index (χ0n) is 16.3. The van der Waals surface area contributed by atoms with Gasteiger partial charge in [0.15, 0.2) is 5.96 Å². The lowest BCUT2D eigenvalue weighted by Crippen LogP contribution is -2.43. The number of benzene rings is 2. The minimum absolute atomic E-state index is 0. The summed E-state index contributed by atoms with van der Waals surface area (Å²) < 4.78 is 11.8. The van der Waals surface area contributed by atoms with Crippen LogP contribution in [-0.4, -0.2) is 39.3 Å². The summed E-state index contributed by atoms with van der Waals surface area (Å²) in [4.78, 5) is 4.31. The topological polar surface area (TPSA) is 54.9 Å². The van der Waals surface area contributed by atoms with Crippen molar-refractivity contribution < 1.29 is 9.47 Å². The quantitative estimate of drug-likeness (QED) is 0.264. The third kappa shape index (κ3) is 6.98. The van der Waals surface area contributed by atoms with Crippen molar-refractivity contribution in [2.24, 2.45) is 10.9 Å². The number of nitrogens with one attached hydrogen (secondary N) is 2. The van der Waals surface area contributed by atoms with Crippen LogP contribution in [0.15, 0.2) is 65.7 Å². The second-order valence-electron chi connectivity index (χ2n) is 6.65. The largest absolute Gasteiger partial charge is 0.492 e. The molecule has 0 aromatic heterocycles. The van der Waals surface area contributed by atoms with Gasteiger partial charge in [0.25, 0.3) is 0 Å². The summed E-state index contributed by atoms with van der Waals surface area (Å²) in [5.41, 5.74) is 1.25. The van der Waals surface area contributed by atoms with Gasteiger partial charge in [-0.15, -0.1) is 24.0 Å². The van der Waals surface area contributed by atoms with Gasteiger partial charge in [0.2, 0.25) is 0 Å². The number of guanidine groups is 1. The number of hydrogen-bond donors (Lipinski definition) is 2. The minimum atomic E-state index is 0. The summed E-state index contributed by atoms with van der Waals surface area (Å²) in [6.45, 7) is 2.94. The zero-order valence-corrected chi connectivity index (χ0v) is 18.7. The Hall–Kier alpha value is -1.80. The number of halogens is 1. The second-order valence-corrected chi connectivity index (χ2v) is 6.65. The van der Waals surface area contributed by atoms with Crippen LogP contribution < -0.4 is 15.4 Å². The van der Waals surface area contributed by atoms with Crippen LogP contribution in [0.25, 0.3) is 0 Å². The van der Waals surface area contributed by atoms with Gasteiger partial charge in [-0.05, 0) is 30.5 Å². The van der Waals surface area contributed by atoms with Gasteiger partial charge in [0.1, 0.15) is 12.4 Å². The number of para-hydroxylation sites is 1. The first-order valence-corrected chi connectivity index (χ1v) is 9.65. The van der Waals surface area contributed by atoms with Gasteiger partial charge in [-0.25, -0.2) is 0 Å². The fourth-order valence-electron chi connectivity index (χ4n) is 3.37. The molecule has 1 fully saturated rings. The molecule has 0 radical (unpaired) electrons. The molecule has 1 aliphatic heterocycles. The van der Waals surface area contributed by atoms with E-state index in [1.165, 1.54) is 5.56 Å². The average molecular weight is 495 g/mol. The van der Waals surface area contributed by atoms with Crippen molar-refractivity contribution in [2.75, 3.05) is 33.4 Å². The molecule has 0 spiro atoms. The predicted octanol–water partition coefficient (Wildman–Crippen LogP) is 4.02. The molecule has 0 amide bonds. The molecule has 6 heteroatoms. The van der Waals surface area contributed by atoms with E-state index in [-0.39, 0.29) is 30.1 Å². The number of aliphatic imine (C=N–C) groups is 1. The van der Waals surface area contributed by atoms with Crippen molar-refractivity contribution >= 4 is 29.9 Å². The van der Waals surface area contributed by atoms with Crippen molar-refractivity contribution in [1.82, 2.24) is 10.6 Å². The number of nitrogens with zero attached hydrogens (tertiary/aromatic N) is 1. The van der Waals surface area contributed by atoms with Crippen molar-refractivity contribution in [3.05, 3.63) is 66.2 Å². The normalized spacial score (nSPS) is 19.4. The van der Waals surface area contributed by atoms with Gasteiger partial charge in [-0.1, -0.05) is 48.5 Å². The highest BCUT2D eigenvalue weighted by Gasteiger charge is 2.27. The van der Waals surface area contributed by atoms with Crippen LogP contribution in [0, 0.1) is 5.92 Å². The zero-order chi connectivity index (χ0) is 18.7. The van der Waals surface area contributed by atoms with E-state index in [9.17, 15) is 0 Å². The maximum Gasteiger partial charge on any atom is 0.191 e. The minimum Gasteiger partial charge on any atom is -0.492 e. The van der Waals surface area contributed by atoms with Crippen LogP contribution in [0.5, 0.6) is 5.75 Å². The summed E-state index contributed by atoms with van der Waals surface area (Å²) in [7, 11) is 1.79. The first-order valence-electron chi connectivity index (χ1n) is 9.65. The van der Waals surface area contributed by atoms with Crippen LogP contribution in [0.2, 0.25) is 0 Å². The lowest BCUT2D eigenvalue weighted by atomic mass is 9.89. The molecular formula is C22H30IN3O2. The van der Waals surface area contributed by atoms with Gasteiger partial charge in [0.05, 0.1) is 12.6 Å². The second kappa shape index (κ2) is 12.6. The number of rotatable bonds is 7. The van der Waals surface area contributed by atoms with E-state index in [2.05, 4.69) is 39.9 Å². The summed E-state index contributed by atoms with van der Waals surface area (Å²) in [5.74, 6) is 2.11. The van der Waals surface area contributed by atoms with Crippen molar-refractivity contribution in [3.8, 4) is 5.75 Å². The van der Waals surface area contributed by atoms with Gasteiger partial charge in [0, 0.05) is 26.1 Å². The summed E-state index contributed by atoms with van der Waals surface area (Å²) in [6, 6.07) is 20.3. The first kappa shape index (κ1) is 22.5. The monoisotopic (exact) mass is 495 g/mol. The molecule has 0 aliphatic carbocycles. The van der Waals surface area contributed by atoms with Crippen LogP contribution >= 0.6 is 24.0 Å². The van der Waals surface area contributed by atoms with Crippen molar-refractivity contribution in [3.63, 3.8) is 0 Å². The van der Waals surface area contributed by atoms with E-state index in [1.54, 1.807) is 7.05 Å². The maximum atomic E-state index is 6.07. The lowest BCUT2D eigenvalue weighted by molar-refractivity contribution is -0.0265. The number of ether oxygens (including phenoxy) is 2. The van der Waals surface area contributed by atoms with E-state index in [0.717, 1.165) is 37.7 Å². The van der Waals surface area contributed by atoms with E-state index in [4.69, 9.17) is 9.47 Å². The summed E-state index contributed by atoms with van der Waals surface area (Å²) in [5, 5.41) is 6.75. The van der Waals surface area contributed by atoms with Gasteiger partial charge in [-0.3, -0.25) is 4.99 Å². The third-order valence-electron chi connectivity index (χ3n) is 4.73. The SMILES string of the molecule is CN=C(NCCOc1ccccc1)NCC1CCCOC1c1ccccc1.I. The highest BCUT2D eigenvalue weighted by atomic mass is 127. The molecule has 2 aromatic rings. The molecule has 0 bridgehead atoms. The fourth-order valence-corrected chi connectivity index (χ4v) is 3.37. The molecule has 0 saturated carbocycles. The predicted molar refractivity (Wildman–Crippen MR) is 125 cm³/mol. The third-order valence-corrected chi connectivity index (χ3v) is 4.73. The molecule has 2 aromatic carbocycles.